The van der Waals surface area contributed by atoms with Gasteiger partial charge >= 0.3 is 5.97 Å². The van der Waals surface area contributed by atoms with Crippen LogP contribution < -0.4 is 4.90 Å². The number of amides is 1. The van der Waals surface area contributed by atoms with Gasteiger partial charge in [-0.15, -0.1) is 0 Å². The van der Waals surface area contributed by atoms with Crippen molar-refractivity contribution in [1.29, 1.82) is 0 Å². The van der Waals surface area contributed by atoms with E-state index in [2.05, 4.69) is 0 Å². The van der Waals surface area contributed by atoms with E-state index in [1.54, 1.807) is 11.0 Å². The molecule has 134 valence electrons. The second kappa shape index (κ2) is 7.35. The summed E-state index contributed by atoms with van der Waals surface area (Å²) in [6.07, 6.45) is 0.503. The number of benzene rings is 2. The Kier molecular flexibility index (Phi) is 4.97. The van der Waals surface area contributed by atoms with Gasteiger partial charge in [0.25, 0.3) is 11.6 Å². The first-order chi connectivity index (χ1) is 12.5. The van der Waals surface area contributed by atoms with Crippen molar-refractivity contribution in [3.05, 3.63) is 69.8 Å². The van der Waals surface area contributed by atoms with E-state index in [-0.39, 0.29) is 29.6 Å². The molecule has 3 rings (SSSR count). The largest absolute Gasteiger partial charge is 0.455 e. The summed E-state index contributed by atoms with van der Waals surface area (Å²) in [7, 11) is 0. The van der Waals surface area contributed by atoms with Gasteiger partial charge in [0, 0.05) is 23.4 Å². The molecule has 0 aromatic heterocycles. The van der Waals surface area contributed by atoms with Crippen molar-refractivity contribution in [1.82, 2.24) is 0 Å². The van der Waals surface area contributed by atoms with Gasteiger partial charge in [0.15, 0.2) is 6.61 Å². The van der Waals surface area contributed by atoms with Crippen LogP contribution in [0, 0.1) is 10.1 Å². The molecule has 0 spiro atoms. The van der Waals surface area contributed by atoms with Crippen molar-refractivity contribution in [3.63, 3.8) is 0 Å². The third-order valence-electron chi connectivity index (χ3n) is 4.36. The minimum atomic E-state index is -0.673. The Labute approximate surface area is 150 Å². The van der Waals surface area contributed by atoms with Crippen molar-refractivity contribution < 1.29 is 19.2 Å². The van der Waals surface area contributed by atoms with Gasteiger partial charge in [-0.3, -0.25) is 19.7 Å². The average molecular weight is 354 g/mol. The van der Waals surface area contributed by atoms with Crippen LogP contribution in [-0.2, 0) is 27.2 Å². The van der Waals surface area contributed by atoms with Gasteiger partial charge in [0.2, 0.25) is 0 Å². The fourth-order valence-electron chi connectivity index (χ4n) is 3.20. The van der Waals surface area contributed by atoms with Crippen LogP contribution in [0.4, 0.5) is 11.4 Å². The Balaban J connectivity index is 1.62. The quantitative estimate of drug-likeness (QED) is 0.468. The first kappa shape index (κ1) is 17.6. The Bertz CT molecular complexity index is 865. The highest BCUT2D eigenvalue weighted by atomic mass is 16.6. The van der Waals surface area contributed by atoms with Crippen molar-refractivity contribution in [2.24, 2.45) is 0 Å². The number of fused-ring (bicyclic) bond motifs is 1. The lowest BCUT2D eigenvalue weighted by Gasteiger charge is -2.22. The van der Waals surface area contributed by atoms with E-state index >= 15 is 0 Å². The van der Waals surface area contributed by atoms with E-state index in [1.807, 2.05) is 31.2 Å². The number of nitro benzene ring substituents is 1. The van der Waals surface area contributed by atoms with Crippen LogP contribution in [0.1, 0.15) is 18.1 Å². The van der Waals surface area contributed by atoms with E-state index in [1.165, 1.54) is 18.2 Å². The second-order valence-electron chi connectivity index (χ2n) is 6.17. The van der Waals surface area contributed by atoms with Crippen molar-refractivity contribution >= 4 is 23.3 Å². The molecule has 2 aromatic rings. The molecule has 26 heavy (non-hydrogen) atoms. The normalized spacial score (nSPS) is 15.4. The van der Waals surface area contributed by atoms with Crippen LogP contribution in [0.3, 0.4) is 0 Å². The fraction of sp³-hybridized carbons (Fsp3) is 0.263. The SMILES string of the molecule is C[C@H]1Cc2ccccc2N1C(=O)COC(=O)Cc1ccccc1[N+](=O)[O-]. The maximum absolute atomic E-state index is 12.5. The molecule has 7 nitrogen and oxygen atoms in total. The van der Waals surface area contributed by atoms with Crippen LogP contribution in [0.5, 0.6) is 0 Å². The molecular weight excluding hydrogens is 336 g/mol. The van der Waals surface area contributed by atoms with Crippen LogP contribution in [0.2, 0.25) is 0 Å². The summed E-state index contributed by atoms with van der Waals surface area (Å²) in [4.78, 5) is 36.6. The molecule has 0 bridgehead atoms. The smallest absolute Gasteiger partial charge is 0.311 e. The minimum absolute atomic E-state index is 0.00573. The molecule has 7 heteroatoms. The highest BCUT2D eigenvalue weighted by molar-refractivity contribution is 5.97. The van der Waals surface area contributed by atoms with Gasteiger partial charge in [-0.05, 0) is 25.0 Å². The number of esters is 1. The van der Waals surface area contributed by atoms with E-state index in [9.17, 15) is 19.7 Å². The van der Waals surface area contributed by atoms with Crippen LogP contribution in [0.25, 0.3) is 0 Å². The molecule has 0 N–H and O–H groups in total. The first-order valence-corrected chi connectivity index (χ1v) is 8.25. The molecule has 0 saturated heterocycles. The maximum Gasteiger partial charge on any atom is 0.311 e. The predicted molar refractivity (Wildman–Crippen MR) is 94.9 cm³/mol. The summed E-state index contributed by atoms with van der Waals surface area (Å²) < 4.78 is 5.07. The molecule has 0 unspecified atom stereocenters. The van der Waals surface area contributed by atoms with Gasteiger partial charge in [0.05, 0.1) is 11.3 Å². The average Bonchev–Trinajstić information content (AvgIpc) is 2.95. The summed E-state index contributed by atoms with van der Waals surface area (Å²) in [5.74, 6) is -0.980. The zero-order chi connectivity index (χ0) is 18.7. The molecule has 0 aliphatic carbocycles. The Hall–Kier alpha value is -3.22. The summed E-state index contributed by atoms with van der Waals surface area (Å²) >= 11 is 0. The van der Waals surface area contributed by atoms with Gasteiger partial charge in [-0.2, -0.15) is 0 Å². The molecule has 0 saturated carbocycles. The summed E-state index contributed by atoms with van der Waals surface area (Å²) in [5.41, 5.74) is 2.03. The van der Waals surface area contributed by atoms with Crippen molar-refractivity contribution in [2.45, 2.75) is 25.8 Å². The number of rotatable bonds is 5. The third kappa shape index (κ3) is 3.56. The zero-order valence-corrected chi connectivity index (χ0v) is 14.3. The third-order valence-corrected chi connectivity index (χ3v) is 4.36. The van der Waals surface area contributed by atoms with Gasteiger partial charge < -0.3 is 9.64 Å². The molecule has 1 aliphatic heterocycles. The van der Waals surface area contributed by atoms with Gasteiger partial charge in [0.1, 0.15) is 0 Å². The number of anilines is 1. The van der Waals surface area contributed by atoms with Crippen LogP contribution >= 0.6 is 0 Å². The van der Waals surface area contributed by atoms with E-state index in [0.717, 1.165) is 17.7 Å². The number of hydrogen-bond acceptors (Lipinski definition) is 5. The number of carbonyl (C=O) groups is 2. The zero-order valence-electron chi connectivity index (χ0n) is 14.3. The Morgan fingerprint density at radius 2 is 1.88 bits per heavy atom. The number of hydrogen-bond donors (Lipinski definition) is 0. The number of nitrogens with zero attached hydrogens (tertiary/aromatic N) is 2. The number of ether oxygens (including phenoxy) is 1. The van der Waals surface area contributed by atoms with E-state index in [4.69, 9.17) is 4.74 Å². The standard InChI is InChI=1S/C19H18N2O5/c1-13-10-14-6-2-4-8-16(14)20(13)18(22)12-26-19(23)11-15-7-3-5-9-17(15)21(24)25/h2-9,13H,10-12H2,1H3/t13-/m0/s1. The minimum Gasteiger partial charge on any atom is -0.455 e. The molecule has 1 atom stereocenters. The molecular formula is C19H18N2O5. The lowest BCUT2D eigenvalue weighted by molar-refractivity contribution is -0.385. The van der Waals surface area contributed by atoms with E-state index in [0.29, 0.717) is 0 Å². The van der Waals surface area contributed by atoms with E-state index < -0.39 is 17.5 Å². The molecule has 1 heterocycles. The lowest BCUT2D eigenvalue weighted by atomic mass is 10.1. The fourth-order valence-corrected chi connectivity index (χ4v) is 3.20. The number of carbonyl (C=O) groups excluding carboxylic acids is 2. The number of nitro groups is 1. The monoisotopic (exact) mass is 354 g/mol. The Morgan fingerprint density at radius 3 is 2.65 bits per heavy atom. The summed E-state index contributed by atoms with van der Waals surface area (Å²) in [5, 5.41) is 11.0. The summed E-state index contributed by atoms with van der Waals surface area (Å²) in [6.45, 7) is 1.55. The highest BCUT2D eigenvalue weighted by Crippen LogP contribution is 2.31. The lowest BCUT2D eigenvalue weighted by Crippen LogP contribution is -2.38. The molecule has 1 aliphatic rings. The first-order valence-electron chi connectivity index (χ1n) is 8.25. The summed E-state index contributed by atoms with van der Waals surface area (Å²) in [6, 6.07) is 13.6. The Morgan fingerprint density at radius 1 is 1.19 bits per heavy atom. The molecule has 0 radical (unpaired) electrons. The van der Waals surface area contributed by atoms with Crippen LogP contribution in [0.15, 0.2) is 48.5 Å². The second-order valence-corrected chi connectivity index (χ2v) is 6.17. The van der Waals surface area contributed by atoms with Crippen molar-refractivity contribution in [2.75, 3.05) is 11.5 Å². The van der Waals surface area contributed by atoms with Gasteiger partial charge in [-0.1, -0.05) is 36.4 Å². The topological polar surface area (TPSA) is 89.8 Å². The van der Waals surface area contributed by atoms with Crippen LogP contribution in [-0.4, -0.2) is 29.4 Å². The predicted octanol–water partition coefficient (Wildman–Crippen LogP) is 2.66. The highest BCUT2D eigenvalue weighted by Gasteiger charge is 2.31. The molecule has 1 amide bonds. The van der Waals surface area contributed by atoms with Crippen molar-refractivity contribution in [3.8, 4) is 0 Å². The number of para-hydroxylation sites is 2. The molecule has 0 fully saturated rings. The maximum atomic E-state index is 12.5. The van der Waals surface area contributed by atoms with Gasteiger partial charge in [-0.25, -0.2) is 0 Å². The molecule has 2 aromatic carbocycles.